The van der Waals surface area contributed by atoms with Crippen molar-refractivity contribution in [3.8, 4) is 0 Å². The molecule has 58 valence electrons. The molecule has 0 saturated carbocycles. The van der Waals surface area contributed by atoms with Crippen LogP contribution in [0.2, 0.25) is 0 Å². The Bertz CT molecular complexity index is 123. The minimum absolute atomic E-state index is 0.145. The molecule has 1 N–H and O–H groups in total. The molecule has 0 aliphatic carbocycles. The Morgan fingerprint density at radius 3 is 2.60 bits per heavy atom. The van der Waals surface area contributed by atoms with Crippen LogP contribution in [0.4, 0.5) is 4.79 Å². The lowest BCUT2D eigenvalue weighted by molar-refractivity contribution is -0.251. The Balaban J connectivity index is 2.19. The van der Waals surface area contributed by atoms with Crippen molar-refractivity contribution in [2.75, 3.05) is 11.5 Å². The molecular weight excluding hydrogens is 150 g/mol. The first-order valence-corrected chi connectivity index (χ1v) is 4.50. The van der Waals surface area contributed by atoms with Crippen LogP contribution in [0.25, 0.3) is 0 Å². The van der Waals surface area contributed by atoms with E-state index < -0.39 is 6.09 Å². The number of carbonyl (C=O) groups excluding carboxylic acids is 1. The van der Waals surface area contributed by atoms with E-state index in [1.165, 1.54) is 0 Å². The summed E-state index contributed by atoms with van der Waals surface area (Å²) in [4.78, 5) is 10.0. The topological polar surface area (TPSA) is 52.2 Å². The zero-order valence-electron chi connectivity index (χ0n) is 5.63. The summed E-state index contributed by atoms with van der Waals surface area (Å²) in [5, 5.41) is 12.4. The third-order valence-corrected chi connectivity index (χ3v) is 2.59. The molecule has 0 aromatic heterocycles. The predicted octanol–water partition coefficient (Wildman–Crippen LogP) is -0.185. The smallest absolute Gasteiger partial charge is 0.134 e. The first kappa shape index (κ1) is 7.72. The summed E-state index contributed by atoms with van der Waals surface area (Å²) < 4.78 is 0. The molecule has 0 unspecified atom stereocenters. The van der Waals surface area contributed by atoms with Crippen molar-refractivity contribution in [2.45, 2.75) is 18.9 Å². The highest BCUT2D eigenvalue weighted by molar-refractivity contribution is 7.99. The van der Waals surface area contributed by atoms with E-state index in [1.807, 2.05) is 11.8 Å². The van der Waals surface area contributed by atoms with Gasteiger partial charge < -0.3 is 15.2 Å². The number of amides is 1. The van der Waals surface area contributed by atoms with Crippen molar-refractivity contribution < 1.29 is 9.90 Å². The lowest BCUT2D eigenvalue weighted by Crippen LogP contribution is -2.44. The highest BCUT2D eigenvalue weighted by atomic mass is 32.2. The fourth-order valence-electron chi connectivity index (χ4n) is 1.01. The van der Waals surface area contributed by atoms with Crippen LogP contribution in [0.3, 0.4) is 0 Å². The minimum Gasteiger partial charge on any atom is -0.530 e. The normalized spacial score (nSPS) is 20.4. The largest absolute Gasteiger partial charge is 0.530 e. The first-order chi connectivity index (χ1) is 4.79. The van der Waals surface area contributed by atoms with Crippen LogP contribution in [0.1, 0.15) is 12.8 Å². The van der Waals surface area contributed by atoms with E-state index in [0.29, 0.717) is 0 Å². The van der Waals surface area contributed by atoms with Crippen molar-refractivity contribution in [1.82, 2.24) is 5.32 Å². The Hall–Kier alpha value is -0.380. The second-order valence-corrected chi connectivity index (χ2v) is 3.54. The van der Waals surface area contributed by atoms with Crippen LogP contribution in [0.5, 0.6) is 0 Å². The fraction of sp³-hybridized carbons (Fsp3) is 0.833. The SMILES string of the molecule is O=C([O-])NC1CCSCC1. The average molecular weight is 160 g/mol. The molecule has 1 aliphatic rings. The molecule has 1 rings (SSSR count). The quantitative estimate of drug-likeness (QED) is 0.578. The lowest BCUT2D eigenvalue weighted by Gasteiger charge is -2.23. The molecule has 1 fully saturated rings. The zero-order valence-corrected chi connectivity index (χ0v) is 6.45. The van der Waals surface area contributed by atoms with Crippen molar-refractivity contribution in [2.24, 2.45) is 0 Å². The Labute approximate surface area is 64.2 Å². The Morgan fingerprint density at radius 1 is 1.50 bits per heavy atom. The van der Waals surface area contributed by atoms with Gasteiger partial charge in [-0.05, 0) is 24.3 Å². The minimum atomic E-state index is -1.14. The zero-order chi connectivity index (χ0) is 7.40. The monoisotopic (exact) mass is 160 g/mol. The third kappa shape index (κ3) is 2.47. The van der Waals surface area contributed by atoms with Gasteiger partial charge in [-0.2, -0.15) is 11.8 Å². The summed E-state index contributed by atoms with van der Waals surface area (Å²) in [7, 11) is 0. The van der Waals surface area contributed by atoms with Gasteiger partial charge in [0.25, 0.3) is 0 Å². The van der Waals surface area contributed by atoms with Crippen LogP contribution < -0.4 is 10.4 Å². The highest BCUT2D eigenvalue weighted by Crippen LogP contribution is 2.16. The number of thioether (sulfide) groups is 1. The first-order valence-electron chi connectivity index (χ1n) is 3.34. The van der Waals surface area contributed by atoms with E-state index >= 15 is 0 Å². The van der Waals surface area contributed by atoms with Gasteiger partial charge in [0, 0.05) is 6.04 Å². The van der Waals surface area contributed by atoms with E-state index in [4.69, 9.17) is 0 Å². The highest BCUT2D eigenvalue weighted by Gasteiger charge is 2.11. The van der Waals surface area contributed by atoms with E-state index in [1.54, 1.807) is 0 Å². The van der Waals surface area contributed by atoms with Crippen LogP contribution >= 0.6 is 11.8 Å². The van der Waals surface area contributed by atoms with E-state index in [2.05, 4.69) is 5.32 Å². The van der Waals surface area contributed by atoms with E-state index in [9.17, 15) is 9.90 Å². The maximum atomic E-state index is 10.0. The van der Waals surface area contributed by atoms with Crippen LogP contribution in [0, 0.1) is 0 Å². The molecule has 1 amide bonds. The second-order valence-electron chi connectivity index (χ2n) is 2.32. The van der Waals surface area contributed by atoms with Gasteiger partial charge in [0.1, 0.15) is 6.09 Å². The molecular formula is C6H10NO2S-. The Kier molecular flexibility index (Phi) is 2.86. The summed E-state index contributed by atoms with van der Waals surface area (Å²) in [6.45, 7) is 0. The number of hydrogen-bond acceptors (Lipinski definition) is 3. The number of rotatable bonds is 1. The number of carboxylic acid groups (broad SMARTS) is 1. The maximum absolute atomic E-state index is 10.0. The molecule has 10 heavy (non-hydrogen) atoms. The standard InChI is InChI=1S/C6H11NO2S/c8-6(9)7-5-1-3-10-4-2-5/h5,7H,1-4H2,(H,8,9)/p-1. The van der Waals surface area contributed by atoms with Gasteiger partial charge >= 0.3 is 0 Å². The van der Waals surface area contributed by atoms with Crippen molar-refractivity contribution in [1.29, 1.82) is 0 Å². The molecule has 0 bridgehead atoms. The molecule has 0 spiro atoms. The molecule has 0 aromatic carbocycles. The van der Waals surface area contributed by atoms with Gasteiger partial charge in [-0.3, -0.25) is 0 Å². The third-order valence-electron chi connectivity index (χ3n) is 1.54. The molecule has 0 aromatic rings. The van der Waals surface area contributed by atoms with Gasteiger partial charge in [-0.25, -0.2) is 0 Å². The number of nitrogens with one attached hydrogen (secondary N) is 1. The molecule has 1 heterocycles. The lowest BCUT2D eigenvalue weighted by atomic mass is 10.2. The van der Waals surface area contributed by atoms with Gasteiger partial charge in [-0.1, -0.05) is 0 Å². The van der Waals surface area contributed by atoms with Crippen LogP contribution in [-0.4, -0.2) is 23.6 Å². The molecule has 0 radical (unpaired) electrons. The molecule has 3 nitrogen and oxygen atoms in total. The van der Waals surface area contributed by atoms with Crippen LogP contribution in [-0.2, 0) is 0 Å². The summed E-state index contributed by atoms with van der Waals surface area (Å²) in [6, 6.07) is 0.145. The molecule has 1 saturated heterocycles. The van der Waals surface area contributed by atoms with Gasteiger partial charge in [-0.15, -0.1) is 0 Å². The maximum Gasteiger partial charge on any atom is 0.134 e. The summed E-state index contributed by atoms with van der Waals surface area (Å²) in [5.74, 6) is 2.12. The summed E-state index contributed by atoms with van der Waals surface area (Å²) >= 11 is 1.87. The molecule has 0 atom stereocenters. The fourth-order valence-corrected chi connectivity index (χ4v) is 2.12. The Morgan fingerprint density at radius 2 is 2.10 bits per heavy atom. The van der Waals surface area contributed by atoms with E-state index in [0.717, 1.165) is 24.3 Å². The van der Waals surface area contributed by atoms with Crippen molar-refractivity contribution in [3.63, 3.8) is 0 Å². The average Bonchev–Trinajstić information content (AvgIpc) is 1.88. The van der Waals surface area contributed by atoms with Gasteiger partial charge in [0.15, 0.2) is 0 Å². The van der Waals surface area contributed by atoms with Crippen LogP contribution in [0.15, 0.2) is 0 Å². The predicted molar refractivity (Wildman–Crippen MR) is 38.9 cm³/mol. The van der Waals surface area contributed by atoms with Crippen molar-refractivity contribution in [3.05, 3.63) is 0 Å². The number of hydrogen-bond donors (Lipinski definition) is 1. The van der Waals surface area contributed by atoms with Gasteiger partial charge in [0.05, 0.1) is 0 Å². The molecule has 1 aliphatic heterocycles. The second kappa shape index (κ2) is 3.71. The van der Waals surface area contributed by atoms with Gasteiger partial charge in [0.2, 0.25) is 0 Å². The van der Waals surface area contributed by atoms with E-state index in [-0.39, 0.29) is 6.04 Å². The van der Waals surface area contributed by atoms with Crippen molar-refractivity contribution >= 4 is 17.9 Å². The molecule has 4 heteroatoms. The number of carbonyl (C=O) groups is 1. The summed E-state index contributed by atoms with van der Waals surface area (Å²) in [5.41, 5.74) is 0. The summed E-state index contributed by atoms with van der Waals surface area (Å²) in [6.07, 6.45) is 0.744.